The summed E-state index contributed by atoms with van der Waals surface area (Å²) in [6.07, 6.45) is -2.65. The Kier molecular flexibility index (Phi) is 3.02. The highest BCUT2D eigenvalue weighted by Crippen LogP contribution is 2.26. The second kappa shape index (κ2) is 3.87. The van der Waals surface area contributed by atoms with Gasteiger partial charge in [0.2, 0.25) is 5.95 Å². The smallest absolute Gasteiger partial charge is 0.266 e. The second-order valence-electron chi connectivity index (χ2n) is 2.17. The van der Waals surface area contributed by atoms with E-state index in [2.05, 4.69) is 20.9 Å². The van der Waals surface area contributed by atoms with Crippen molar-refractivity contribution in [2.24, 2.45) is 0 Å². The van der Waals surface area contributed by atoms with Crippen LogP contribution in [0.15, 0.2) is 10.7 Å². The molecule has 0 amide bonds. The lowest BCUT2D eigenvalue weighted by Crippen LogP contribution is -1.98. The number of carbonyl (C=O) groups is 1. The molecule has 13 heavy (non-hydrogen) atoms. The Balaban J connectivity index is 3.30. The molecule has 1 heterocycles. The first-order chi connectivity index (χ1) is 6.06. The van der Waals surface area contributed by atoms with Crippen LogP contribution >= 0.6 is 15.9 Å². The van der Waals surface area contributed by atoms with Gasteiger partial charge < -0.3 is 0 Å². The number of hydrogen-bond acceptors (Lipinski definition) is 2. The summed E-state index contributed by atoms with van der Waals surface area (Å²) in [5.74, 6) is -1.06. The summed E-state index contributed by atoms with van der Waals surface area (Å²) in [6.45, 7) is 0. The van der Waals surface area contributed by atoms with Crippen LogP contribution in [-0.4, -0.2) is 11.3 Å². The molecule has 0 unspecified atom stereocenters. The average Bonchev–Trinajstić information content (AvgIpc) is 2.03. The molecule has 1 aromatic rings. The van der Waals surface area contributed by atoms with Crippen molar-refractivity contribution in [3.05, 3.63) is 27.7 Å². The summed E-state index contributed by atoms with van der Waals surface area (Å²) in [6, 6.07) is 0.768. The molecule has 0 aliphatic rings. The van der Waals surface area contributed by atoms with Gasteiger partial charge in [-0.2, -0.15) is 4.39 Å². The molecule has 6 heteroatoms. The molecule has 2 nitrogen and oxygen atoms in total. The van der Waals surface area contributed by atoms with Crippen LogP contribution in [0.3, 0.4) is 0 Å². The minimum Gasteiger partial charge on any atom is -0.298 e. The number of pyridine rings is 1. The Morgan fingerprint density at radius 1 is 1.54 bits per heavy atom. The van der Waals surface area contributed by atoms with Gasteiger partial charge in [0.15, 0.2) is 6.29 Å². The molecule has 70 valence electrons. The molecule has 0 aromatic carbocycles. The number of rotatable bonds is 2. The topological polar surface area (TPSA) is 30.0 Å². The molecule has 0 spiro atoms. The summed E-state index contributed by atoms with van der Waals surface area (Å²) in [4.78, 5) is 13.3. The number of carbonyl (C=O) groups excluding carboxylic acids is 1. The summed E-state index contributed by atoms with van der Waals surface area (Å²) in [7, 11) is 0. The van der Waals surface area contributed by atoms with Gasteiger partial charge in [-0.25, -0.2) is 13.8 Å². The Labute approximate surface area is 79.9 Å². The number of alkyl halides is 2. The highest BCUT2D eigenvalue weighted by atomic mass is 79.9. The van der Waals surface area contributed by atoms with Gasteiger partial charge in [0.1, 0.15) is 4.60 Å². The highest BCUT2D eigenvalue weighted by molar-refractivity contribution is 9.10. The van der Waals surface area contributed by atoms with E-state index < -0.39 is 23.5 Å². The van der Waals surface area contributed by atoms with E-state index >= 15 is 0 Å². The number of hydrogen-bond donors (Lipinski definition) is 0. The first-order valence-electron chi connectivity index (χ1n) is 3.15. The third-order valence-corrected chi connectivity index (χ3v) is 1.98. The standard InChI is InChI=1S/C7H3BrF3NO/c8-5-4(6(9)10)1-3(2-13)7(11)12-5/h1-2,6H. The quantitative estimate of drug-likeness (QED) is 0.600. The third-order valence-electron chi connectivity index (χ3n) is 1.35. The van der Waals surface area contributed by atoms with Crippen LogP contribution in [0.2, 0.25) is 0 Å². The molecule has 1 rings (SSSR count). The predicted molar refractivity (Wildman–Crippen MR) is 42.2 cm³/mol. The summed E-state index contributed by atoms with van der Waals surface area (Å²) in [5, 5.41) is 0. The van der Waals surface area contributed by atoms with E-state index in [0.29, 0.717) is 0 Å². The first-order valence-corrected chi connectivity index (χ1v) is 3.95. The molecular formula is C7H3BrF3NO. The molecule has 0 N–H and O–H groups in total. The lowest BCUT2D eigenvalue weighted by atomic mass is 10.2. The van der Waals surface area contributed by atoms with Gasteiger partial charge in [0, 0.05) is 0 Å². The van der Waals surface area contributed by atoms with Gasteiger partial charge in [-0.05, 0) is 22.0 Å². The van der Waals surface area contributed by atoms with E-state index in [1.54, 1.807) is 0 Å². The van der Waals surface area contributed by atoms with Gasteiger partial charge in [0.25, 0.3) is 6.43 Å². The van der Waals surface area contributed by atoms with Gasteiger partial charge in [0.05, 0.1) is 11.1 Å². The molecule has 0 radical (unpaired) electrons. The van der Waals surface area contributed by atoms with E-state index in [1.165, 1.54) is 0 Å². The van der Waals surface area contributed by atoms with Gasteiger partial charge in [-0.3, -0.25) is 4.79 Å². The van der Waals surface area contributed by atoms with Crippen molar-refractivity contribution in [1.82, 2.24) is 4.98 Å². The normalized spacial score (nSPS) is 10.5. The van der Waals surface area contributed by atoms with Crippen molar-refractivity contribution in [1.29, 1.82) is 0 Å². The number of aromatic nitrogens is 1. The van der Waals surface area contributed by atoms with Crippen LogP contribution in [0, 0.1) is 5.95 Å². The largest absolute Gasteiger partial charge is 0.298 e. The van der Waals surface area contributed by atoms with E-state index in [-0.39, 0.29) is 10.9 Å². The van der Waals surface area contributed by atoms with Crippen LogP contribution in [-0.2, 0) is 0 Å². The Morgan fingerprint density at radius 3 is 2.62 bits per heavy atom. The highest BCUT2D eigenvalue weighted by Gasteiger charge is 2.16. The van der Waals surface area contributed by atoms with E-state index in [9.17, 15) is 18.0 Å². The zero-order valence-corrected chi connectivity index (χ0v) is 7.69. The van der Waals surface area contributed by atoms with E-state index in [1.807, 2.05) is 0 Å². The molecule has 0 bridgehead atoms. The SMILES string of the molecule is O=Cc1cc(C(F)F)c(Br)nc1F. The second-order valence-corrected chi connectivity index (χ2v) is 2.92. The zero-order chi connectivity index (χ0) is 10.0. The first kappa shape index (κ1) is 10.2. The van der Waals surface area contributed by atoms with E-state index in [4.69, 9.17) is 0 Å². The fourth-order valence-corrected chi connectivity index (χ4v) is 1.18. The van der Waals surface area contributed by atoms with Crippen molar-refractivity contribution < 1.29 is 18.0 Å². The monoisotopic (exact) mass is 253 g/mol. The predicted octanol–water partition coefficient (Wildman–Crippen LogP) is 2.73. The van der Waals surface area contributed by atoms with Crippen LogP contribution in [0.25, 0.3) is 0 Å². The van der Waals surface area contributed by atoms with Crippen molar-refractivity contribution in [3.8, 4) is 0 Å². The molecule has 1 aromatic heterocycles. The lowest BCUT2D eigenvalue weighted by Gasteiger charge is -2.03. The third kappa shape index (κ3) is 2.06. The average molecular weight is 254 g/mol. The van der Waals surface area contributed by atoms with E-state index in [0.717, 1.165) is 6.07 Å². The molecule has 0 saturated carbocycles. The Bertz CT molecular complexity index is 343. The molecule has 0 aliphatic heterocycles. The fourth-order valence-electron chi connectivity index (χ4n) is 0.738. The van der Waals surface area contributed by atoms with Crippen molar-refractivity contribution >= 4 is 22.2 Å². The summed E-state index contributed by atoms with van der Waals surface area (Å²) >= 11 is 2.66. The molecule has 0 atom stereocenters. The number of halogens is 4. The fraction of sp³-hybridized carbons (Fsp3) is 0.143. The maximum Gasteiger partial charge on any atom is 0.266 e. The minimum absolute atomic E-state index is 0.140. The molecule has 0 aliphatic carbocycles. The van der Waals surface area contributed by atoms with Crippen molar-refractivity contribution in [3.63, 3.8) is 0 Å². The van der Waals surface area contributed by atoms with Gasteiger partial charge in [-0.1, -0.05) is 0 Å². The Hall–Kier alpha value is -0.910. The zero-order valence-electron chi connectivity index (χ0n) is 6.10. The van der Waals surface area contributed by atoms with Crippen LogP contribution in [0.1, 0.15) is 22.3 Å². The number of nitrogens with zero attached hydrogens (tertiary/aromatic N) is 1. The van der Waals surface area contributed by atoms with Crippen molar-refractivity contribution in [2.75, 3.05) is 0 Å². The number of aldehydes is 1. The summed E-state index contributed by atoms with van der Waals surface area (Å²) < 4.78 is 36.7. The minimum atomic E-state index is -2.79. The maximum absolute atomic E-state index is 12.7. The molecule has 0 fully saturated rings. The van der Waals surface area contributed by atoms with Crippen LogP contribution < -0.4 is 0 Å². The Morgan fingerprint density at radius 2 is 2.15 bits per heavy atom. The maximum atomic E-state index is 12.7. The molecule has 0 saturated heterocycles. The van der Waals surface area contributed by atoms with Crippen molar-refractivity contribution in [2.45, 2.75) is 6.43 Å². The summed E-state index contributed by atoms with van der Waals surface area (Å²) in [5.41, 5.74) is -0.970. The van der Waals surface area contributed by atoms with Crippen LogP contribution in [0.4, 0.5) is 13.2 Å². The van der Waals surface area contributed by atoms with Gasteiger partial charge >= 0.3 is 0 Å². The lowest BCUT2D eigenvalue weighted by molar-refractivity contribution is 0.111. The van der Waals surface area contributed by atoms with Crippen LogP contribution in [0.5, 0.6) is 0 Å². The van der Waals surface area contributed by atoms with Gasteiger partial charge in [-0.15, -0.1) is 0 Å². The molecular weight excluding hydrogens is 251 g/mol.